The van der Waals surface area contributed by atoms with E-state index < -0.39 is 5.60 Å². The molecule has 0 amide bonds. The van der Waals surface area contributed by atoms with Gasteiger partial charge in [-0.3, -0.25) is 0 Å². The van der Waals surface area contributed by atoms with Crippen molar-refractivity contribution in [2.24, 2.45) is 5.73 Å². The Labute approximate surface area is 67.4 Å². The van der Waals surface area contributed by atoms with Crippen molar-refractivity contribution in [3.8, 4) is 0 Å². The largest absolute Gasteiger partial charge is 0.402 e. The minimum Gasteiger partial charge on any atom is -0.402 e. The highest BCUT2D eigenvalue weighted by Gasteiger charge is 2.23. The van der Waals surface area contributed by atoms with Crippen LogP contribution < -0.4 is 5.73 Å². The fourth-order valence-corrected chi connectivity index (χ4v) is 1.46. The van der Waals surface area contributed by atoms with Gasteiger partial charge in [-0.25, -0.2) is 0 Å². The van der Waals surface area contributed by atoms with Crippen LogP contribution in [0, 0.1) is 0 Å². The molecular formula is C9H15NO. The quantitative estimate of drug-likeness (QED) is 0.596. The summed E-state index contributed by atoms with van der Waals surface area (Å²) in [6.07, 6.45) is 2.68. The van der Waals surface area contributed by atoms with Gasteiger partial charge in [0.05, 0.1) is 5.60 Å². The molecule has 0 aromatic carbocycles. The van der Waals surface area contributed by atoms with Crippen LogP contribution in [0.3, 0.4) is 0 Å². The second-order valence-electron chi connectivity index (χ2n) is 3.65. The molecule has 0 bridgehead atoms. The Balaban J connectivity index is 2.95. The second-order valence-corrected chi connectivity index (χ2v) is 3.65. The summed E-state index contributed by atoms with van der Waals surface area (Å²) in [5.41, 5.74) is 7.87. The molecular weight excluding hydrogens is 138 g/mol. The molecule has 0 radical (unpaired) electrons. The summed E-state index contributed by atoms with van der Waals surface area (Å²) < 4.78 is 0. The lowest BCUT2D eigenvalue weighted by Gasteiger charge is -2.18. The van der Waals surface area contributed by atoms with Crippen LogP contribution in [-0.4, -0.2) is 10.7 Å². The zero-order chi connectivity index (χ0) is 8.65. The van der Waals surface area contributed by atoms with Gasteiger partial charge in [-0.1, -0.05) is 5.57 Å². The van der Waals surface area contributed by atoms with Gasteiger partial charge in [0.2, 0.25) is 0 Å². The van der Waals surface area contributed by atoms with Gasteiger partial charge in [-0.15, -0.1) is 0 Å². The Morgan fingerprint density at radius 1 is 1.55 bits per heavy atom. The first-order valence-corrected chi connectivity index (χ1v) is 3.80. The zero-order valence-electron chi connectivity index (χ0n) is 7.31. The highest BCUT2D eigenvalue weighted by molar-refractivity contribution is 5.41. The molecule has 3 N–H and O–H groups in total. The molecule has 0 unspecified atom stereocenters. The van der Waals surface area contributed by atoms with E-state index in [1.54, 1.807) is 13.8 Å². The fourth-order valence-electron chi connectivity index (χ4n) is 1.46. The predicted molar refractivity (Wildman–Crippen MR) is 45.9 cm³/mol. The number of hydrogen-bond acceptors (Lipinski definition) is 2. The van der Waals surface area contributed by atoms with Crippen LogP contribution in [0.1, 0.15) is 27.2 Å². The molecule has 0 saturated carbocycles. The minimum atomic E-state index is -0.745. The van der Waals surface area contributed by atoms with E-state index in [9.17, 15) is 5.11 Å². The van der Waals surface area contributed by atoms with E-state index in [4.69, 9.17) is 5.73 Å². The third kappa shape index (κ3) is 1.63. The first-order chi connectivity index (χ1) is 4.91. The van der Waals surface area contributed by atoms with Gasteiger partial charge in [0.25, 0.3) is 0 Å². The highest BCUT2D eigenvalue weighted by atomic mass is 16.3. The van der Waals surface area contributed by atoms with Crippen molar-refractivity contribution < 1.29 is 5.11 Å². The monoisotopic (exact) mass is 153 g/mol. The lowest BCUT2D eigenvalue weighted by atomic mass is 9.96. The zero-order valence-corrected chi connectivity index (χ0v) is 7.31. The normalized spacial score (nSPS) is 19.1. The van der Waals surface area contributed by atoms with E-state index in [1.165, 1.54) is 5.57 Å². The average Bonchev–Trinajstić information content (AvgIpc) is 2.08. The van der Waals surface area contributed by atoms with Crippen LogP contribution in [0.15, 0.2) is 22.9 Å². The first-order valence-electron chi connectivity index (χ1n) is 3.80. The number of nitrogens with two attached hydrogens (primary N) is 1. The summed E-state index contributed by atoms with van der Waals surface area (Å²) in [6.45, 7) is 5.56. The number of aliphatic hydroxyl groups is 1. The minimum absolute atomic E-state index is 0.745. The summed E-state index contributed by atoms with van der Waals surface area (Å²) in [5.74, 6) is 0. The Morgan fingerprint density at radius 3 is 2.27 bits per heavy atom. The van der Waals surface area contributed by atoms with Crippen molar-refractivity contribution in [3.63, 3.8) is 0 Å². The van der Waals surface area contributed by atoms with E-state index in [1.807, 2.05) is 13.0 Å². The maximum Gasteiger partial charge on any atom is 0.0840 e. The molecule has 0 spiro atoms. The van der Waals surface area contributed by atoms with Crippen LogP contribution in [0.25, 0.3) is 0 Å². The Morgan fingerprint density at radius 2 is 2.09 bits per heavy atom. The summed E-state index contributed by atoms with van der Waals surface area (Å²) >= 11 is 0. The molecule has 0 aliphatic heterocycles. The molecule has 0 heterocycles. The van der Waals surface area contributed by atoms with Gasteiger partial charge in [0, 0.05) is 12.1 Å². The summed E-state index contributed by atoms with van der Waals surface area (Å²) in [7, 11) is 0. The predicted octanol–water partition coefficient (Wildman–Crippen LogP) is 1.32. The van der Waals surface area contributed by atoms with E-state index in [0.29, 0.717) is 0 Å². The third-order valence-electron chi connectivity index (χ3n) is 1.92. The first kappa shape index (κ1) is 8.34. The van der Waals surface area contributed by atoms with Crippen LogP contribution in [-0.2, 0) is 0 Å². The van der Waals surface area contributed by atoms with E-state index in [-0.39, 0.29) is 0 Å². The summed E-state index contributed by atoms with van der Waals surface area (Å²) in [5, 5.41) is 9.65. The Kier molecular flexibility index (Phi) is 1.80. The second kappa shape index (κ2) is 2.38. The van der Waals surface area contributed by atoms with Gasteiger partial charge < -0.3 is 10.8 Å². The van der Waals surface area contributed by atoms with Crippen LogP contribution >= 0.6 is 0 Å². The Hall–Kier alpha value is -0.760. The average molecular weight is 153 g/mol. The Bertz CT molecular complexity index is 230. The van der Waals surface area contributed by atoms with E-state index in [0.717, 1.165) is 17.7 Å². The molecule has 62 valence electrons. The van der Waals surface area contributed by atoms with Gasteiger partial charge in [0.1, 0.15) is 0 Å². The molecule has 0 aromatic heterocycles. The lowest BCUT2D eigenvalue weighted by molar-refractivity contribution is 0.123. The van der Waals surface area contributed by atoms with Gasteiger partial charge in [0.15, 0.2) is 0 Å². The van der Waals surface area contributed by atoms with Gasteiger partial charge in [-0.2, -0.15) is 0 Å². The molecule has 0 fully saturated rings. The van der Waals surface area contributed by atoms with Crippen LogP contribution in [0.5, 0.6) is 0 Å². The van der Waals surface area contributed by atoms with Crippen molar-refractivity contribution in [3.05, 3.63) is 22.9 Å². The lowest BCUT2D eigenvalue weighted by Crippen LogP contribution is -2.20. The molecule has 1 rings (SSSR count). The van der Waals surface area contributed by atoms with E-state index in [2.05, 4.69) is 0 Å². The molecule has 1 aliphatic carbocycles. The smallest absolute Gasteiger partial charge is 0.0840 e. The van der Waals surface area contributed by atoms with Gasteiger partial charge in [-0.05, 0) is 32.4 Å². The summed E-state index contributed by atoms with van der Waals surface area (Å²) in [4.78, 5) is 0. The number of rotatable bonds is 1. The fraction of sp³-hybridized carbons (Fsp3) is 0.556. The highest BCUT2D eigenvalue weighted by Crippen LogP contribution is 2.29. The van der Waals surface area contributed by atoms with Crippen molar-refractivity contribution in [1.29, 1.82) is 0 Å². The SMILES string of the molecule is CC1=C(C(C)(C)O)C=C(N)C1. The molecule has 0 saturated heterocycles. The van der Waals surface area contributed by atoms with Gasteiger partial charge >= 0.3 is 0 Å². The molecule has 11 heavy (non-hydrogen) atoms. The number of allylic oxidation sites excluding steroid dienone is 1. The van der Waals surface area contributed by atoms with Crippen LogP contribution in [0.4, 0.5) is 0 Å². The van der Waals surface area contributed by atoms with Crippen molar-refractivity contribution in [2.75, 3.05) is 0 Å². The van der Waals surface area contributed by atoms with Crippen LogP contribution in [0.2, 0.25) is 0 Å². The molecule has 1 aliphatic rings. The van der Waals surface area contributed by atoms with Crippen molar-refractivity contribution >= 4 is 0 Å². The standard InChI is InChI=1S/C9H15NO/c1-6-4-7(10)5-8(6)9(2,3)11/h5,11H,4,10H2,1-3H3. The molecule has 0 aromatic rings. The molecule has 0 atom stereocenters. The maximum atomic E-state index is 9.65. The van der Waals surface area contributed by atoms with Crippen molar-refractivity contribution in [2.45, 2.75) is 32.8 Å². The molecule has 2 heteroatoms. The maximum absolute atomic E-state index is 9.65. The summed E-state index contributed by atoms with van der Waals surface area (Å²) in [6, 6.07) is 0. The topological polar surface area (TPSA) is 46.2 Å². The van der Waals surface area contributed by atoms with E-state index >= 15 is 0 Å². The third-order valence-corrected chi connectivity index (χ3v) is 1.92. The number of hydrogen-bond donors (Lipinski definition) is 2. The van der Waals surface area contributed by atoms with Crippen molar-refractivity contribution in [1.82, 2.24) is 0 Å². The molecule has 2 nitrogen and oxygen atoms in total.